The van der Waals surface area contributed by atoms with Crippen molar-refractivity contribution in [2.75, 3.05) is 32.0 Å². The zero-order valence-electron chi connectivity index (χ0n) is 17.4. The van der Waals surface area contributed by atoms with Gasteiger partial charge in [0.1, 0.15) is 4.75 Å². The molecule has 2 saturated heterocycles. The fourth-order valence-corrected chi connectivity index (χ4v) is 7.22. The van der Waals surface area contributed by atoms with Crippen molar-refractivity contribution in [3.8, 4) is 5.88 Å². The monoisotopic (exact) mass is 482 g/mol. The highest BCUT2D eigenvalue weighted by Gasteiger charge is 2.61. The number of likely N-dealkylation sites (tertiary alicyclic amines) is 1. The van der Waals surface area contributed by atoms with Crippen LogP contribution in [-0.4, -0.2) is 72.3 Å². The zero-order valence-corrected chi connectivity index (χ0v) is 18.2. The van der Waals surface area contributed by atoms with E-state index in [0.717, 1.165) is 12.5 Å². The lowest BCUT2D eigenvalue weighted by molar-refractivity contribution is -0.192. The van der Waals surface area contributed by atoms with Crippen molar-refractivity contribution in [3.05, 3.63) is 24.1 Å². The molecule has 0 radical (unpaired) electrons. The summed E-state index contributed by atoms with van der Waals surface area (Å²) < 4.78 is 75.6. The number of aliphatic carboxylic acids is 1. The topological polar surface area (TPSA) is 96.8 Å². The van der Waals surface area contributed by atoms with E-state index >= 15 is 0 Å². The summed E-state index contributed by atoms with van der Waals surface area (Å²) in [5.41, 5.74) is 0. The Kier molecular flexibility index (Phi) is 7.33. The smallest absolute Gasteiger partial charge is 0.475 e. The van der Waals surface area contributed by atoms with Gasteiger partial charge in [0, 0.05) is 31.7 Å². The Labute approximate surface area is 183 Å². The molecule has 3 aliphatic rings. The summed E-state index contributed by atoms with van der Waals surface area (Å²) in [4.78, 5) is 15.1. The van der Waals surface area contributed by atoms with Crippen LogP contribution in [0, 0.1) is 17.7 Å². The molecule has 1 N–H and O–H groups in total. The third kappa shape index (κ3) is 5.33. The van der Waals surface area contributed by atoms with Crippen molar-refractivity contribution in [3.63, 3.8) is 0 Å². The molecule has 32 heavy (non-hydrogen) atoms. The van der Waals surface area contributed by atoms with Gasteiger partial charge in [-0.15, -0.1) is 0 Å². The molecule has 1 aromatic rings. The van der Waals surface area contributed by atoms with Crippen molar-refractivity contribution < 1.29 is 40.6 Å². The molecule has 1 saturated carbocycles. The van der Waals surface area contributed by atoms with Crippen molar-refractivity contribution in [1.82, 2.24) is 9.88 Å². The number of pyridine rings is 1. The maximum atomic E-state index is 13.7. The van der Waals surface area contributed by atoms with Crippen LogP contribution in [0.3, 0.4) is 0 Å². The van der Waals surface area contributed by atoms with Gasteiger partial charge in [0.25, 0.3) is 0 Å². The van der Waals surface area contributed by atoms with Crippen LogP contribution in [0.5, 0.6) is 5.88 Å². The molecule has 12 heteroatoms. The number of hydrogen-bond acceptors (Lipinski definition) is 6. The lowest BCUT2D eigenvalue weighted by Gasteiger charge is -2.50. The van der Waals surface area contributed by atoms with E-state index in [2.05, 4.69) is 9.88 Å². The molecule has 2 aliphatic heterocycles. The van der Waals surface area contributed by atoms with Gasteiger partial charge < -0.3 is 9.84 Å². The van der Waals surface area contributed by atoms with Crippen LogP contribution in [0.4, 0.5) is 17.6 Å². The first-order valence-electron chi connectivity index (χ1n) is 10.4. The summed E-state index contributed by atoms with van der Waals surface area (Å²) in [5.74, 6) is -2.45. The van der Waals surface area contributed by atoms with Crippen LogP contribution in [0.1, 0.15) is 32.1 Å². The Morgan fingerprint density at radius 3 is 2.44 bits per heavy atom. The number of nitrogens with zero attached hydrogens (tertiary/aromatic N) is 2. The summed E-state index contributed by atoms with van der Waals surface area (Å²) in [7, 11) is -3.12. The molecule has 1 atom stereocenters. The van der Waals surface area contributed by atoms with Crippen LogP contribution in [0.15, 0.2) is 18.3 Å². The molecule has 180 valence electrons. The number of alkyl halides is 3. The number of sulfone groups is 1. The minimum atomic E-state index is -5.08. The number of hydrogen-bond donors (Lipinski definition) is 1. The fourth-order valence-electron chi connectivity index (χ4n) is 4.76. The standard InChI is InChI=1S/C18H25FN2O3S.C2HF3O2/c19-16-6-3-8-20-17(16)24-11-15-7-9-25(22,23)18(15)12-21(13-18)10-14-4-1-2-5-14;3-2(4,5)1(6)7/h3,6,8,14-15H,1-2,4-5,7,9-13H2;(H,6,7). The summed E-state index contributed by atoms with van der Waals surface area (Å²) in [6.45, 7) is 2.43. The maximum absolute atomic E-state index is 13.7. The maximum Gasteiger partial charge on any atom is 0.490 e. The van der Waals surface area contributed by atoms with Gasteiger partial charge in [0.15, 0.2) is 15.7 Å². The van der Waals surface area contributed by atoms with Crippen LogP contribution < -0.4 is 4.74 Å². The van der Waals surface area contributed by atoms with E-state index in [4.69, 9.17) is 14.6 Å². The first kappa shape index (κ1) is 24.7. The van der Waals surface area contributed by atoms with E-state index in [0.29, 0.717) is 19.5 Å². The predicted molar refractivity (Wildman–Crippen MR) is 106 cm³/mol. The van der Waals surface area contributed by atoms with Crippen molar-refractivity contribution in [2.45, 2.75) is 43.0 Å². The van der Waals surface area contributed by atoms with E-state index in [1.807, 2.05) is 0 Å². The highest BCUT2D eigenvalue weighted by atomic mass is 32.2. The highest BCUT2D eigenvalue weighted by molar-refractivity contribution is 7.93. The summed E-state index contributed by atoms with van der Waals surface area (Å²) >= 11 is 0. The van der Waals surface area contributed by atoms with E-state index < -0.39 is 32.5 Å². The molecule has 1 aliphatic carbocycles. The second-order valence-corrected chi connectivity index (χ2v) is 11.0. The summed E-state index contributed by atoms with van der Waals surface area (Å²) in [6.07, 6.45) is 2.12. The lowest BCUT2D eigenvalue weighted by atomic mass is 9.83. The summed E-state index contributed by atoms with van der Waals surface area (Å²) in [6, 6.07) is 2.81. The fraction of sp³-hybridized carbons (Fsp3) is 0.700. The molecule has 1 spiro atoms. The minimum absolute atomic E-state index is 0.0379. The van der Waals surface area contributed by atoms with Crippen LogP contribution >= 0.6 is 0 Å². The number of halogens is 4. The molecule has 0 amide bonds. The third-order valence-corrected chi connectivity index (χ3v) is 9.06. The SMILES string of the molecule is O=C(O)C(F)(F)F.O=S1(=O)CCC(COc2ncccc2F)C12CN(CC1CCCC1)C2. The van der Waals surface area contributed by atoms with E-state index in [-0.39, 0.29) is 24.2 Å². The van der Waals surface area contributed by atoms with E-state index in [1.165, 1.54) is 44.0 Å². The normalized spacial score (nSPS) is 24.6. The highest BCUT2D eigenvalue weighted by Crippen LogP contribution is 2.45. The van der Waals surface area contributed by atoms with Crippen molar-refractivity contribution in [1.29, 1.82) is 0 Å². The molecule has 4 rings (SSSR count). The van der Waals surface area contributed by atoms with Gasteiger partial charge in [0.2, 0.25) is 5.88 Å². The largest absolute Gasteiger partial charge is 0.490 e. The average molecular weight is 482 g/mol. The molecule has 7 nitrogen and oxygen atoms in total. The van der Waals surface area contributed by atoms with E-state index in [1.54, 1.807) is 0 Å². The van der Waals surface area contributed by atoms with Crippen molar-refractivity contribution >= 4 is 15.8 Å². The van der Waals surface area contributed by atoms with Gasteiger partial charge in [-0.3, -0.25) is 4.90 Å². The van der Waals surface area contributed by atoms with Gasteiger partial charge in [-0.05, 0) is 37.3 Å². The van der Waals surface area contributed by atoms with Crippen LogP contribution in [-0.2, 0) is 14.6 Å². The van der Waals surface area contributed by atoms with Crippen LogP contribution in [0.2, 0.25) is 0 Å². The molecule has 1 aromatic heterocycles. The first-order valence-corrected chi connectivity index (χ1v) is 12.1. The Morgan fingerprint density at radius 1 is 1.25 bits per heavy atom. The molecule has 3 heterocycles. The first-order chi connectivity index (χ1) is 14.9. The number of carboxylic acid groups (broad SMARTS) is 1. The Hall–Kier alpha value is -1.95. The van der Waals surface area contributed by atoms with Gasteiger partial charge >= 0.3 is 12.1 Å². The van der Waals surface area contributed by atoms with Gasteiger partial charge in [-0.1, -0.05) is 12.8 Å². The van der Waals surface area contributed by atoms with Gasteiger partial charge in [0.05, 0.1) is 12.4 Å². The Morgan fingerprint density at radius 2 is 1.88 bits per heavy atom. The van der Waals surface area contributed by atoms with Crippen molar-refractivity contribution in [2.24, 2.45) is 11.8 Å². The molecule has 1 unspecified atom stereocenters. The minimum Gasteiger partial charge on any atom is -0.475 e. The molecule has 0 aromatic carbocycles. The predicted octanol–water partition coefficient (Wildman–Crippen LogP) is 2.91. The molecular formula is C20H26F4N2O5S. The summed E-state index contributed by atoms with van der Waals surface area (Å²) in [5, 5.41) is 7.12. The second kappa shape index (κ2) is 9.50. The zero-order chi connectivity index (χ0) is 23.6. The number of carboxylic acids is 1. The third-order valence-electron chi connectivity index (χ3n) is 6.46. The lowest BCUT2D eigenvalue weighted by Crippen LogP contribution is -2.68. The van der Waals surface area contributed by atoms with Gasteiger partial charge in [-0.2, -0.15) is 13.2 Å². The Bertz CT molecular complexity index is 913. The van der Waals surface area contributed by atoms with E-state index in [9.17, 15) is 26.0 Å². The number of ether oxygens (including phenoxy) is 1. The number of aromatic nitrogens is 1. The number of carbonyl (C=O) groups is 1. The number of rotatable bonds is 5. The molecular weight excluding hydrogens is 456 g/mol. The van der Waals surface area contributed by atoms with Crippen LogP contribution in [0.25, 0.3) is 0 Å². The quantitative estimate of drug-likeness (QED) is 0.645. The average Bonchev–Trinajstić information content (AvgIpc) is 3.27. The second-order valence-electron chi connectivity index (χ2n) is 8.59. The Balaban J connectivity index is 0.000000360. The molecule has 3 fully saturated rings. The van der Waals surface area contributed by atoms with Gasteiger partial charge in [-0.25, -0.2) is 22.6 Å². The molecule has 0 bridgehead atoms.